The van der Waals surface area contributed by atoms with Gasteiger partial charge in [0.05, 0.1) is 0 Å². The maximum atomic E-state index is 12.7. The van der Waals surface area contributed by atoms with Crippen LogP contribution in [0.1, 0.15) is 12.0 Å². The van der Waals surface area contributed by atoms with E-state index in [4.69, 9.17) is 0 Å². The van der Waals surface area contributed by atoms with Crippen LogP contribution in [0.25, 0.3) is 0 Å². The summed E-state index contributed by atoms with van der Waals surface area (Å²) in [6.07, 6.45) is 3.60. The molecule has 0 bridgehead atoms. The van der Waals surface area contributed by atoms with Gasteiger partial charge in [0.25, 0.3) is 0 Å². The molecule has 0 aliphatic heterocycles. The fraction of sp³-hybridized carbons (Fsp3) is 0.200. The van der Waals surface area contributed by atoms with Gasteiger partial charge in [-0.05, 0) is 0 Å². The number of carbonyl (C=O) groups excluding carboxylic acids is 1. The molecular formula is C20H21NOTe. The molecule has 1 amide bonds. The predicted molar refractivity (Wildman–Crippen MR) is 97.3 cm³/mol. The standard InChI is InChI=1S/C20H21NOTe/c1-2-3-10-16-21(17-15-18-11-6-4-7-12-18)20(22)23-19-13-8-5-9-14-19/h3-9,11-14H,1,10,15-17H2. The van der Waals surface area contributed by atoms with E-state index in [-0.39, 0.29) is 0 Å². The summed E-state index contributed by atoms with van der Waals surface area (Å²) in [6.45, 7) is 5.10. The van der Waals surface area contributed by atoms with Crippen molar-refractivity contribution in [2.45, 2.75) is 12.8 Å². The van der Waals surface area contributed by atoms with E-state index in [0.717, 1.165) is 25.9 Å². The summed E-state index contributed by atoms with van der Waals surface area (Å²) in [6, 6.07) is 20.4. The van der Waals surface area contributed by atoms with Crippen LogP contribution in [0.4, 0.5) is 4.79 Å². The van der Waals surface area contributed by atoms with Gasteiger partial charge in [-0.2, -0.15) is 0 Å². The van der Waals surface area contributed by atoms with E-state index < -0.39 is 20.9 Å². The molecule has 0 aliphatic carbocycles. The van der Waals surface area contributed by atoms with Crippen molar-refractivity contribution in [3.05, 3.63) is 84.6 Å². The first kappa shape index (κ1) is 17.6. The van der Waals surface area contributed by atoms with Gasteiger partial charge in [0.1, 0.15) is 0 Å². The van der Waals surface area contributed by atoms with Gasteiger partial charge < -0.3 is 0 Å². The predicted octanol–water partition coefficient (Wildman–Crippen LogP) is 3.41. The van der Waals surface area contributed by atoms with Crippen LogP contribution >= 0.6 is 0 Å². The first-order valence-electron chi connectivity index (χ1n) is 7.69. The third-order valence-electron chi connectivity index (χ3n) is 3.41. The average Bonchev–Trinajstić information content (AvgIpc) is 2.59. The third-order valence-corrected chi connectivity index (χ3v) is 6.09. The number of carbonyl (C=O) groups is 1. The van der Waals surface area contributed by atoms with Crippen LogP contribution in [0.3, 0.4) is 0 Å². The molecule has 23 heavy (non-hydrogen) atoms. The molecule has 0 spiro atoms. The molecule has 0 N–H and O–H groups in total. The van der Waals surface area contributed by atoms with E-state index in [2.05, 4.69) is 36.6 Å². The van der Waals surface area contributed by atoms with Gasteiger partial charge >= 0.3 is 149 Å². The molecule has 0 atom stereocenters. The van der Waals surface area contributed by atoms with Gasteiger partial charge in [0.2, 0.25) is 0 Å². The molecule has 2 aromatic carbocycles. The van der Waals surface area contributed by atoms with E-state index in [1.807, 2.05) is 47.4 Å². The Kier molecular flexibility index (Phi) is 7.70. The molecule has 0 heterocycles. The number of hydrogen-bond donors (Lipinski definition) is 0. The van der Waals surface area contributed by atoms with E-state index in [1.54, 1.807) is 0 Å². The van der Waals surface area contributed by atoms with Gasteiger partial charge in [-0.1, -0.05) is 0 Å². The van der Waals surface area contributed by atoms with Gasteiger partial charge in [0, 0.05) is 0 Å². The van der Waals surface area contributed by atoms with Crippen LogP contribution in [-0.4, -0.2) is 42.9 Å². The van der Waals surface area contributed by atoms with Crippen LogP contribution in [0, 0.1) is 0 Å². The van der Waals surface area contributed by atoms with Crippen LogP contribution in [0.2, 0.25) is 0 Å². The van der Waals surface area contributed by atoms with Crippen molar-refractivity contribution in [2.24, 2.45) is 0 Å². The minimum absolute atomic E-state index is 0.301. The molecule has 0 aliphatic rings. The van der Waals surface area contributed by atoms with Crippen molar-refractivity contribution in [1.29, 1.82) is 0 Å². The zero-order chi connectivity index (χ0) is 16.3. The van der Waals surface area contributed by atoms with E-state index in [1.165, 1.54) is 9.17 Å². The Morgan fingerprint density at radius 2 is 1.70 bits per heavy atom. The Morgan fingerprint density at radius 3 is 2.35 bits per heavy atom. The topological polar surface area (TPSA) is 20.3 Å². The van der Waals surface area contributed by atoms with Gasteiger partial charge in [-0.3, -0.25) is 0 Å². The summed E-state index contributed by atoms with van der Waals surface area (Å²) in [5, 5.41) is 0. The summed E-state index contributed by atoms with van der Waals surface area (Å²) in [5.41, 5.74) is 4.05. The quantitative estimate of drug-likeness (QED) is 0.475. The molecule has 2 aromatic rings. The van der Waals surface area contributed by atoms with Crippen LogP contribution in [-0.2, 0) is 6.42 Å². The van der Waals surface area contributed by atoms with Gasteiger partial charge in [-0.25, -0.2) is 0 Å². The van der Waals surface area contributed by atoms with E-state index >= 15 is 0 Å². The first-order valence-corrected chi connectivity index (χ1v) is 10.0. The average molecular weight is 419 g/mol. The van der Waals surface area contributed by atoms with Crippen molar-refractivity contribution >= 4 is 28.5 Å². The van der Waals surface area contributed by atoms with E-state index in [0.29, 0.717) is 3.96 Å². The Morgan fingerprint density at radius 1 is 1.04 bits per heavy atom. The van der Waals surface area contributed by atoms with Crippen molar-refractivity contribution in [3.8, 4) is 0 Å². The van der Waals surface area contributed by atoms with Crippen molar-refractivity contribution in [2.75, 3.05) is 13.1 Å². The maximum absolute atomic E-state index is 12.7. The third kappa shape index (κ3) is 6.47. The van der Waals surface area contributed by atoms with Crippen molar-refractivity contribution in [3.63, 3.8) is 0 Å². The summed E-state index contributed by atoms with van der Waals surface area (Å²) in [4.78, 5) is 14.7. The normalized spacial score (nSPS) is 9.91. The molecule has 0 unspecified atom stereocenters. The molecule has 2 nitrogen and oxygen atoms in total. The van der Waals surface area contributed by atoms with Crippen LogP contribution in [0.5, 0.6) is 0 Å². The Labute approximate surface area is 148 Å². The fourth-order valence-electron chi connectivity index (χ4n) is 2.18. The zero-order valence-corrected chi connectivity index (χ0v) is 15.5. The molecule has 0 saturated heterocycles. The molecule has 0 aromatic heterocycles. The Bertz CT molecular complexity index is 648. The number of nitrogens with zero attached hydrogens (tertiary/aromatic N) is 1. The Hall–Kier alpha value is -1.78. The summed E-state index contributed by atoms with van der Waals surface area (Å²) in [5.74, 6) is 0. The number of amides is 1. The minimum atomic E-state index is -0.843. The summed E-state index contributed by atoms with van der Waals surface area (Å²) in [7, 11) is 0. The molecule has 3 heteroatoms. The summed E-state index contributed by atoms with van der Waals surface area (Å²) < 4.78 is 1.49. The van der Waals surface area contributed by atoms with Crippen molar-refractivity contribution < 1.29 is 4.79 Å². The van der Waals surface area contributed by atoms with E-state index in [9.17, 15) is 4.79 Å². The molecule has 0 saturated carbocycles. The molecular weight excluding hydrogens is 398 g/mol. The SMILES string of the molecule is C=C=CCCN(CCc1ccccc1)C(=O)[Te]c1ccccc1. The van der Waals surface area contributed by atoms with Gasteiger partial charge in [-0.15, -0.1) is 0 Å². The first-order chi connectivity index (χ1) is 11.3. The molecule has 0 radical (unpaired) electrons. The molecule has 0 fully saturated rings. The second kappa shape index (κ2) is 10.1. The van der Waals surface area contributed by atoms with Gasteiger partial charge in [0.15, 0.2) is 0 Å². The van der Waals surface area contributed by atoms with Crippen LogP contribution in [0.15, 0.2) is 79.0 Å². The Balaban J connectivity index is 1.97. The molecule has 118 valence electrons. The fourth-order valence-corrected chi connectivity index (χ4v) is 4.48. The van der Waals surface area contributed by atoms with Crippen LogP contribution < -0.4 is 3.61 Å². The number of benzene rings is 2. The zero-order valence-electron chi connectivity index (χ0n) is 13.2. The number of hydrogen-bond acceptors (Lipinski definition) is 1. The second-order valence-electron chi connectivity index (χ2n) is 5.10. The second-order valence-corrected chi connectivity index (χ2v) is 8.03. The van der Waals surface area contributed by atoms with Crippen molar-refractivity contribution in [1.82, 2.24) is 4.90 Å². The molecule has 2 rings (SSSR count). The summed E-state index contributed by atoms with van der Waals surface area (Å²) >= 11 is -0.843. The monoisotopic (exact) mass is 421 g/mol. The number of rotatable bonds is 8.